The number of hydrogen-bond donors (Lipinski definition) is 1. The van der Waals surface area contributed by atoms with Crippen LogP contribution >= 0.6 is 11.6 Å². The van der Waals surface area contributed by atoms with Crippen molar-refractivity contribution >= 4 is 21.9 Å². The van der Waals surface area contributed by atoms with E-state index in [9.17, 15) is 8.42 Å². The molecule has 4 nitrogen and oxygen atoms in total. The van der Waals surface area contributed by atoms with Crippen LogP contribution in [-0.2, 0) is 10.3 Å². The molecular formula is C6H7ClNNaO3S. The van der Waals surface area contributed by atoms with Crippen LogP contribution in [0.4, 0.5) is 0 Å². The van der Waals surface area contributed by atoms with Gasteiger partial charge >= 0.3 is 39.9 Å². The van der Waals surface area contributed by atoms with Gasteiger partial charge in [0.1, 0.15) is 5.75 Å². The Morgan fingerprint density at radius 2 is 2.08 bits per heavy atom. The fraction of sp³-hybridized carbons (Fsp3) is 0. The fourth-order valence-corrected chi connectivity index (χ4v) is 1.21. The van der Waals surface area contributed by atoms with Crippen LogP contribution in [0.1, 0.15) is 1.43 Å². The monoisotopic (exact) mass is 231 g/mol. The van der Waals surface area contributed by atoms with Gasteiger partial charge in [0, 0.05) is 11.1 Å². The zero-order valence-electron chi connectivity index (χ0n) is 7.90. The van der Waals surface area contributed by atoms with Crippen molar-refractivity contribution in [2.45, 2.75) is 0 Å². The number of halogens is 1. The first-order chi connectivity index (χ1) is 5.47. The van der Waals surface area contributed by atoms with Gasteiger partial charge in [0.2, 0.25) is 0 Å². The molecule has 0 unspecified atom stereocenters. The normalized spacial score (nSPS) is 10.3. The predicted octanol–water partition coefficient (Wildman–Crippen LogP) is -1.96. The first-order valence-electron chi connectivity index (χ1n) is 2.95. The summed E-state index contributed by atoms with van der Waals surface area (Å²) < 4.78 is 25.2. The van der Waals surface area contributed by atoms with Crippen molar-refractivity contribution in [1.82, 2.24) is 0 Å². The molecule has 1 aromatic rings. The van der Waals surface area contributed by atoms with Crippen LogP contribution in [-0.4, -0.2) is 8.42 Å². The maximum atomic E-state index is 10.4. The molecule has 0 aromatic heterocycles. The second-order valence-corrected chi connectivity index (χ2v) is 3.62. The SMILES string of the molecule is NS(=O)(=O)Oc1cccc(Cl)c1.[H-].[Na+]. The molecule has 2 N–H and O–H groups in total. The van der Waals surface area contributed by atoms with Crippen LogP contribution in [0.3, 0.4) is 0 Å². The average molecular weight is 232 g/mol. The van der Waals surface area contributed by atoms with Crippen molar-refractivity contribution in [3.05, 3.63) is 29.3 Å². The Morgan fingerprint density at radius 3 is 2.54 bits per heavy atom. The molecule has 0 heterocycles. The number of hydrogen-bond acceptors (Lipinski definition) is 3. The molecule has 7 heteroatoms. The Morgan fingerprint density at radius 1 is 1.46 bits per heavy atom. The van der Waals surface area contributed by atoms with Crippen LogP contribution in [0, 0.1) is 0 Å². The van der Waals surface area contributed by atoms with Crippen molar-refractivity contribution in [3.8, 4) is 5.75 Å². The first kappa shape index (κ1) is 13.2. The Bertz CT molecular complexity index is 386. The third-order valence-electron chi connectivity index (χ3n) is 1.01. The van der Waals surface area contributed by atoms with Crippen LogP contribution in [0.5, 0.6) is 5.75 Å². The molecule has 0 saturated heterocycles. The first-order valence-corrected chi connectivity index (χ1v) is 4.80. The van der Waals surface area contributed by atoms with Gasteiger partial charge in [0.15, 0.2) is 0 Å². The predicted molar refractivity (Wildman–Crippen MR) is 46.3 cm³/mol. The van der Waals surface area contributed by atoms with Crippen molar-refractivity contribution in [1.29, 1.82) is 0 Å². The van der Waals surface area contributed by atoms with Gasteiger partial charge in [-0.15, -0.1) is 0 Å². The van der Waals surface area contributed by atoms with E-state index in [1.165, 1.54) is 12.1 Å². The average Bonchev–Trinajstić information content (AvgIpc) is 1.82. The molecule has 1 aromatic carbocycles. The summed E-state index contributed by atoms with van der Waals surface area (Å²) in [5, 5.41) is 5.01. The summed E-state index contributed by atoms with van der Waals surface area (Å²) in [5.41, 5.74) is 0. The van der Waals surface area contributed by atoms with E-state index in [2.05, 4.69) is 9.32 Å². The van der Waals surface area contributed by atoms with Gasteiger partial charge < -0.3 is 5.61 Å². The van der Waals surface area contributed by atoms with Crippen LogP contribution < -0.4 is 38.9 Å². The van der Waals surface area contributed by atoms with Crippen molar-refractivity contribution in [2.24, 2.45) is 5.14 Å². The summed E-state index contributed by atoms with van der Waals surface area (Å²) in [5.74, 6) is 0.102. The molecular weight excluding hydrogens is 225 g/mol. The number of rotatable bonds is 2. The second kappa shape index (κ2) is 5.19. The van der Waals surface area contributed by atoms with E-state index in [0.717, 1.165) is 0 Å². The van der Waals surface area contributed by atoms with E-state index < -0.39 is 10.3 Å². The van der Waals surface area contributed by atoms with Gasteiger partial charge in [-0.3, -0.25) is 0 Å². The second-order valence-electron chi connectivity index (χ2n) is 2.03. The summed E-state index contributed by atoms with van der Waals surface area (Å²) in [6.07, 6.45) is 0. The maximum absolute atomic E-state index is 10.4. The summed E-state index contributed by atoms with van der Waals surface area (Å²) in [6, 6.07) is 5.95. The molecule has 13 heavy (non-hydrogen) atoms. The topological polar surface area (TPSA) is 69.4 Å². The molecule has 0 bridgehead atoms. The van der Waals surface area contributed by atoms with Gasteiger partial charge in [-0.2, -0.15) is 13.6 Å². The maximum Gasteiger partial charge on any atom is 1.00 e. The smallest absolute Gasteiger partial charge is 1.00 e. The van der Waals surface area contributed by atoms with Crippen molar-refractivity contribution in [3.63, 3.8) is 0 Å². The van der Waals surface area contributed by atoms with E-state index in [0.29, 0.717) is 5.02 Å². The zero-order chi connectivity index (χ0) is 9.19. The van der Waals surface area contributed by atoms with Gasteiger partial charge in [-0.25, -0.2) is 0 Å². The minimum absolute atomic E-state index is 0. The third-order valence-corrected chi connectivity index (χ3v) is 1.67. The third kappa shape index (κ3) is 5.51. The van der Waals surface area contributed by atoms with E-state index in [1.807, 2.05) is 0 Å². The molecule has 1 rings (SSSR count). The standard InChI is InChI=1S/C6H6ClNO3S.Na.H/c7-5-2-1-3-6(4-5)11-12(8,9)10;;/h1-4H,(H2,8,9,10);;/q;+1;-1. The van der Waals surface area contributed by atoms with Crippen molar-refractivity contribution in [2.75, 3.05) is 0 Å². The van der Waals surface area contributed by atoms with Gasteiger partial charge in [0.05, 0.1) is 0 Å². The van der Waals surface area contributed by atoms with Gasteiger partial charge in [0.25, 0.3) is 0 Å². The Balaban J connectivity index is 0. The number of benzene rings is 1. The molecule has 0 amide bonds. The van der Waals surface area contributed by atoms with Gasteiger partial charge in [-0.05, 0) is 12.1 Å². The number of nitrogens with two attached hydrogens (primary N) is 1. The summed E-state index contributed by atoms with van der Waals surface area (Å²) >= 11 is 5.56. The minimum Gasteiger partial charge on any atom is -1.00 e. The fourth-order valence-electron chi connectivity index (χ4n) is 0.653. The Labute approximate surface area is 105 Å². The van der Waals surface area contributed by atoms with Crippen LogP contribution in [0.25, 0.3) is 0 Å². The molecule has 0 radical (unpaired) electrons. The van der Waals surface area contributed by atoms with E-state index in [1.54, 1.807) is 12.1 Å². The Kier molecular flexibility index (Phi) is 5.28. The van der Waals surface area contributed by atoms with E-state index in [4.69, 9.17) is 11.6 Å². The summed E-state index contributed by atoms with van der Waals surface area (Å²) in [6.45, 7) is 0. The molecule has 0 aliphatic carbocycles. The molecule has 0 saturated carbocycles. The molecule has 0 fully saturated rings. The molecule has 68 valence electrons. The molecule has 0 aliphatic rings. The van der Waals surface area contributed by atoms with Crippen molar-refractivity contribution < 1.29 is 43.6 Å². The van der Waals surface area contributed by atoms with Gasteiger partial charge in [-0.1, -0.05) is 17.7 Å². The zero-order valence-corrected chi connectivity index (χ0v) is 10.5. The van der Waals surface area contributed by atoms with Crippen LogP contribution in [0.15, 0.2) is 24.3 Å². The largest absolute Gasteiger partial charge is 1.00 e. The summed E-state index contributed by atoms with van der Waals surface area (Å²) in [7, 11) is -3.95. The minimum atomic E-state index is -3.95. The molecule has 0 aliphatic heterocycles. The summed E-state index contributed by atoms with van der Waals surface area (Å²) in [4.78, 5) is 0. The van der Waals surface area contributed by atoms with E-state index >= 15 is 0 Å². The molecule has 0 spiro atoms. The Hall–Kier alpha value is 0.220. The van der Waals surface area contributed by atoms with Crippen LogP contribution in [0.2, 0.25) is 5.02 Å². The molecule has 0 atom stereocenters. The quantitative estimate of drug-likeness (QED) is 0.601. The van der Waals surface area contributed by atoms with E-state index in [-0.39, 0.29) is 36.7 Å².